The standard InChI is InChI=1S/C21H26ClN3O/c1-14-8-16(9-17-4-3-5-19(14)17)12-25(21(26)10-22)18-6-7-20-23-15(2)11-24(20)13-18/h8-9,11,18H,3-7,10,12-13H2,1-2H3. The molecule has 2 heterocycles. The average Bonchev–Trinajstić information content (AvgIpc) is 3.23. The average molecular weight is 372 g/mol. The number of aryl methyl sites for hydroxylation is 4. The van der Waals surface area contributed by atoms with E-state index in [1.807, 2.05) is 11.8 Å². The Morgan fingerprint density at radius 1 is 1.31 bits per heavy atom. The number of halogens is 1. The molecule has 1 atom stereocenters. The number of aromatic nitrogens is 2. The van der Waals surface area contributed by atoms with Crippen LogP contribution in [-0.2, 0) is 37.1 Å². The van der Waals surface area contributed by atoms with Gasteiger partial charge in [0, 0.05) is 25.7 Å². The lowest BCUT2D eigenvalue weighted by molar-refractivity contribution is -0.132. The Morgan fingerprint density at radius 2 is 2.15 bits per heavy atom. The molecule has 0 fully saturated rings. The van der Waals surface area contributed by atoms with Crippen molar-refractivity contribution in [2.24, 2.45) is 0 Å². The highest BCUT2D eigenvalue weighted by molar-refractivity contribution is 6.27. The van der Waals surface area contributed by atoms with Crippen LogP contribution in [0.3, 0.4) is 0 Å². The molecule has 26 heavy (non-hydrogen) atoms. The molecule has 0 saturated carbocycles. The third-order valence-corrected chi connectivity index (χ3v) is 6.04. The Labute approximate surface area is 160 Å². The van der Waals surface area contributed by atoms with Gasteiger partial charge in [-0.25, -0.2) is 4.98 Å². The second kappa shape index (κ2) is 7.07. The number of fused-ring (bicyclic) bond motifs is 2. The molecule has 0 radical (unpaired) electrons. The number of carbonyl (C=O) groups is 1. The minimum Gasteiger partial charge on any atom is -0.333 e. The highest BCUT2D eigenvalue weighted by Crippen LogP contribution is 2.28. The van der Waals surface area contributed by atoms with Crippen molar-refractivity contribution >= 4 is 17.5 Å². The van der Waals surface area contributed by atoms with Gasteiger partial charge in [-0.3, -0.25) is 4.79 Å². The molecule has 1 unspecified atom stereocenters. The second-order valence-electron chi connectivity index (χ2n) is 7.70. The molecule has 4 nitrogen and oxygen atoms in total. The molecular formula is C21H26ClN3O. The lowest BCUT2D eigenvalue weighted by Crippen LogP contribution is -2.45. The zero-order valence-corrected chi connectivity index (χ0v) is 16.4. The molecular weight excluding hydrogens is 346 g/mol. The quantitative estimate of drug-likeness (QED) is 0.770. The fourth-order valence-corrected chi connectivity index (χ4v) is 4.77. The highest BCUT2D eigenvalue weighted by Gasteiger charge is 2.28. The van der Waals surface area contributed by atoms with Gasteiger partial charge in [0.1, 0.15) is 11.7 Å². The fourth-order valence-electron chi connectivity index (χ4n) is 4.62. The van der Waals surface area contributed by atoms with Crippen molar-refractivity contribution in [1.29, 1.82) is 0 Å². The van der Waals surface area contributed by atoms with Crippen LogP contribution >= 0.6 is 11.6 Å². The Balaban J connectivity index is 1.58. The van der Waals surface area contributed by atoms with Crippen LogP contribution in [0.4, 0.5) is 0 Å². The largest absolute Gasteiger partial charge is 0.333 e. The Morgan fingerprint density at radius 3 is 2.96 bits per heavy atom. The first-order valence-corrected chi connectivity index (χ1v) is 10.1. The maximum Gasteiger partial charge on any atom is 0.238 e. The maximum atomic E-state index is 12.6. The summed E-state index contributed by atoms with van der Waals surface area (Å²) >= 11 is 5.95. The predicted molar refractivity (Wildman–Crippen MR) is 104 cm³/mol. The number of nitrogens with zero attached hydrogens (tertiary/aromatic N) is 3. The summed E-state index contributed by atoms with van der Waals surface area (Å²) in [7, 11) is 0. The monoisotopic (exact) mass is 371 g/mol. The third kappa shape index (κ3) is 3.27. The summed E-state index contributed by atoms with van der Waals surface area (Å²) in [4.78, 5) is 19.2. The van der Waals surface area contributed by atoms with Crippen LogP contribution in [0.15, 0.2) is 18.3 Å². The molecule has 138 valence electrons. The van der Waals surface area contributed by atoms with E-state index >= 15 is 0 Å². The van der Waals surface area contributed by atoms with E-state index in [1.54, 1.807) is 0 Å². The smallest absolute Gasteiger partial charge is 0.238 e. The third-order valence-electron chi connectivity index (χ3n) is 5.81. The molecule has 2 aliphatic rings. The molecule has 2 aromatic rings. The van der Waals surface area contributed by atoms with Crippen LogP contribution in [-0.4, -0.2) is 32.3 Å². The molecule has 1 amide bonds. The van der Waals surface area contributed by atoms with Gasteiger partial charge in [-0.2, -0.15) is 0 Å². The van der Waals surface area contributed by atoms with Gasteiger partial charge in [-0.15, -0.1) is 11.6 Å². The highest BCUT2D eigenvalue weighted by atomic mass is 35.5. The number of benzene rings is 1. The number of rotatable bonds is 4. The van der Waals surface area contributed by atoms with Crippen molar-refractivity contribution < 1.29 is 4.79 Å². The first-order chi connectivity index (χ1) is 12.5. The van der Waals surface area contributed by atoms with Crippen LogP contribution < -0.4 is 0 Å². The first kappa shape index (κ1) is 17.6. The Kier molecular flexibility index (Phi) is 4.78. The lowest BCUT2D eigenvalue weighted by atomic mass is 9.99. The summed E-state index contributed by atoms with van der Waals surface area (Å²) in [5.74, 6) is 1.19. The van der Waals surface area contributed by atoms with Crippen molar-refractivity contribution in [3.05, 3.63) is 52.1 Å². The topological polar surface area (TPSA) is 38.1 Å². The molecule has 0 bridgehead atoms. The normalized spacial score (nSPS) is 18.5. The van der Waals surface area contributed by atoms with E-state index in [0.717, 1.165) is 37.3 Å². The van der Waals surface area contributed by atoms with Gasteiger partial charge in [0.25, 0.3) is 0 Å². The van der Waals surface area contributed by atoms with E-state index in [1.165, 1.54) is 35.1 Å². The minimum absolute atomic E-state index is 0.0232. The van der Waals surface area contributed by atoms with Crippen LogP contribution in [0, 0.1) is 13.8 Å². The summed E-state index contributed by atoms with van der Waals surface area (Å²) in [6, 6.07) is 4.74. The number of amides is 1. The summed E-state index contributed by atoms with van der Waals surface area (Å²) in [5, 5.41) is 0. The van der Waals surface area contributed by atoms with Crippen LogP contribution in [0.5, 0.6) is 0 Å². The van der Waals surface area contributed by atoms with E-state index in [0.29, 0.717) is 6.54 Å². The first-order valence-electron chi connectivity index (χ1n) is 9.54. The van der Waals surface area contributed by atoms with Crippen LogP contribution in [0.2, 0.25) is 0 Å². The summed E-state index contributed by atoms with van der Waals surface area (Å²) < 4.78 is 2.20. The van der Waals surface area contributed by atoms with Gasteiger partial charge < -0.3 is 9.47 Å². The molecule has 1 aromatic heterocycles. The molecule has 0 N–H and O–H groups in total. The lowest BCUT2D eigenvalue weighted by Gasteiger charge is -2.35. The Hall–Kier alpha value is -1.81. The van der Waals surface area contributed by atoms with Gasteiger partial charge in [0.15, 0.2) is 0 Å². The molecule has 1 aromatic carbocycles. The van der Waals surface area contributed by atoms with E-state index < -0.39 is 0 Å². The zero-order chi connectivity index (χ0) is 18.3. The molecule has 1 aliphatic carbocycles. The van der Waals surface area contributed by atoms with Crippen molar-refractivity contribution in [3.63, 3.8) is 0 Å². The maximum absolute atomic E-state index is 12.6. The minimum atomic E-state index is 0.0232. The molecule has 0 saturated heterocycles. The van der Waals surface area contributed by atoms with Crippen LogP contribution in [0.25, 0.3) is 0 Å². The molecule has 0 spiro atoms. The summed E-state index contributed by atoms with van der Waals surface area (Å²) in [5.41, 5.74) is 6.62. The fraction of sp³-hybridized carbons (Fsp3) is 0.524. The second-order valence-corrected chi connectivity index (χ2v) is 7.97. The van der Waals surface area contributed by atoms with E-state index in [2.05, 4.69) is 34.8 Å². The molecule has 4 rings (SSSR count). The van der Waals surface area contributed by atoms with E-state index in [4.69, 9.17) is 11.6 Å². The van der Waals surface area contributed by atoms with Gasteiger partial charge in [0.05, 0.1) is 11.7 Å². The molecule has 5 heteroatoms. The van der Waals surface area contributed by atoms with Crippen molar-refractivity contribution in [1.82, 2.24) is 14.5 Å². The van der Waals surface area contributed by atoms with Gasteiger partial charge >= 0.3 is 0 Å². The van der Waals surface area contributed by atoms with Gasteiger partial charge in [0.2, 0.25) is 5.91 Å². The number of hydrogen-bond donors (Lipinski definition) is 0. The zero-order valence-electron chi connectivity index (χ0n) is 15.6. The van der Waals surface area contributed by atoms with Crippen molar-refractivity contribution in [3.8, 4) is 0 Å². The van der Waals surface area contributed by atoms with E-state index in [-0.39, 0.29) is 17.8 Å². The number of alkyl halides is 1. The van der Waals surface area contributed by atoms with Gasteiger partial charge in [-0.1, -0.05) is 12.1 Å². The molecule has 1 aliphatic heterocycles. The number of hydrogen-bond acceptors (Lipinski definition) is 2. The van der Waals surface area contributed by atoms with E-state index in [9.17, 15) is 4.79 Å². The van der Waals surface area contributed by atoms with Gasteiger partial charge in [-0.05, 0) is 61.8 Å². The SMILES string of the molecule is Cc1cn2c(n1)CCC(N(Cc1cc(C)c3c(c1)CCC3)C(=O)CCl)C2. The summed E-state index contributed by atoms with van der Waals surface area (Å²) in [6.07, 6.45) is 7.54. The van der Waals surface area contributed by atoms with Crippen LogP contribution in [0.1, 0.15) is 46.6 Å². The predicted octanol–water partition coefficient (Wildman–Crippen LogP) is 3.57. The number of imidazole rings is 1. The Bertz CT molecular complexity index is 842. The van der Waals surface area contributed by atoms with Crippen molar-refractivity contribution in [2.45, 2.75) is 65.1 Å². The van der Waals surface area contributed by atoms with Crippen molar-refractivity contribution in [2.75, 3.05) is 5.88 Å². The summed E-state index contributed by atoms with van der Waals surface area (Å²) in [6.45, 7) is 5.67. The number of carbonyl (C=O) groups excluding carboxylic acids is 1.